The largest absolute Gasteiger partial charge is 0.310 e. The summed E-state index contributed by atoms with van der Waals surface area (Å²) in [6.45, 7) is 0. The van der Waals surface area contributed by atoms with Crippen LogP contribution in [0.15, 0.2) is 267 Å². The van der Waals surface area contributed by atoms with E-state index in [1.807, 2.05) is 0 Å². The third-order valence-electron chi connectivity index (χ3n) is 13.0. The van der Waals surface area contributed by atoms with Crippen LogP contribution in [0.25, 0.3) is 93.9 Å². The highest BCUT2D eigenvalue weighted by Crippen LogP contribution is 2.47. The molecule has 12 rings (SSSR count). The summed E-state index contributed by atoms with van der Waals surface area (Å²) in [7, 11) is 0. The van der Waals surface area contributed by atoms with Crippen molar-refractivity contribution in [3.8, 4) is 61.3 Å². The van der Waals surface area contributed by atoms with Crippen molar-refractivity contribution in [3.05, 3.63) is 267 Å². The monoisotopic (exact) mass is 840 g/mol. The molecule has 66 heavy (non-hydrogen) atoms. The average molecular weight is 841 g/mol. The standard InChI is InChI=1S/C64H44N2/c1-5-19-45(20-6-1)51-35-40-54(59(43-51)47-23-9-3-10-24-47)49-33-37-52(38-34-49)65(62-42-36-48-25-13-14-29-56(48)64(62)50-26-11-4-12-27-50)53-39-41-58-57-30-16-18-32-61(57)66(63(58)44-53)60-31-17-15-28-55(60)46-21-7-2-8-22-46/h1-44H. The minimum Gasteiger partial charge on any atom is -0.310 e. The number of fused-ring (bicyclic) bond motifs is 4. The highest BCUT2D eigenvalue weighted by atomic mass is 15.1. The number of benzene rings is 11. The van der Waals surface area contributed by atoms with Gasteiger partial charge in [0.2, 0.25) is 0 Å². The summed E-state index contributed by atoms with van der Waals surface area (Å²) >= 11 is 0. The Morgan fingerprint density at radius 1 is 0.273 bits per heavy atom. The second-order valence-electron chi connectivity index (χ2n) is 16.9. The van der Waals surface area contributed by atoms with E-state index in [-0.39, 0.29) is 0 Å². The number of hydrogen-bond donors (Lipinski definition) is 0. The van der Waals surface area contributed by atoms with Crippen LogP contribution in [0.2, 0.25) is 0 Å². The van der Waals surface area contributed by atoms with Gasteiger partial charge in [-0.15, -0.1) is 0 Å². The lowest BCUT2D eigenvalue weighted by atomic mass is 9.91. The van der Waals surface area contributed by atoms with Crippen LogP contribution in [0.1, 0.15) is 0 Å². The maximum Gasteiger partial charge on any atom is 0.0562 e. The SMILES string of the molecule is c1ccc(-c2ccc(-c3ccc(N(c4ccc5c6ccccc6n(-c6ccccc6-c6ccccc6)c5c4)c4ccc5ccccc5c4-c4ccccc4)cc3)c(-c3ccccc3)c2)cc1. The number of rotatable bonds is 9. The summed E-state index contributed by atoms with van der Waals surface area (Å²) < 4.78 is 2.46. The number of hydrogen-bond acceptors (Lipinski definition) is 1. The summed E-state index contributed by atoms with van der Waals surface area (Å²) in [6, 6.07) is 97.0. The molecule has 1 heterocycles. The maximum atomic E-state index is 2.46. The molecule has 12 aromatic rings. The summed E-state index contributed by atoms with van der Waals surface area (Å²) in [4.78, 5) is 2.46. The number of aromatic nitrogens is 1. The van der Waals surface area contributed by atoms with Gasteiger partial charge >= 0.3 is 0 Å². The summed E-state index contributed by atoms with van der Waals surface area (Å²) in [6.07, 6.45) is 0. The zero-order chi connectivity index (χ0) is 43.8. The Kier molecular flexibility index (Phi) is 9.89. The van der Waals surface area contributed by atoms with Crippen molar-refractivity contribution in [1.29, 1.82) is 0 Å². The first-order valence-corrected chi connectivity index (χ1v) is 22.7. The van der Waals surface area contributed by atoms with Crippen LogP contribution in [0.3, 0.4) is 0 Å². The van der Waals surface area contributed by atoms with Crippen LogP contribution in [-0.2, 0) is 0 Å². The zero-order valence-corrected chi connectivity index (χ0v) is 36.3. The molecule has 0 amide bonds. The Hall–Kier alpha value is -8.72. The van der Waals surface area contributed by atoms with Gasteiger partial charge in [-0.3, -0.25) is 0 Å². The second-order valence-corrected chi connectivity index (χ2v) is 16.9. The summed E-state index contributed by atoms with van der Waals surface area (Å²) in [5, 5.41) is 4.85. The van der Waals surface area contributed by atoms with Crippen LogP contribution < -0.4 is 4.90 Å². The lowest BCUT2D eigenvalue weighted by Gasteiger charge is -2.29. The third kappa shape index (κ3) is 6.93. The van der Waals surface area contributed by atoms with E-state index in [0.717, 1.165) is 33.8 Å². The van der Waals surface area contributed by atoms with Crippen molar-refractivity contribution in [2.75, 3.05) is 4.90 Å². The van der Waals surface area contributed by atoms with Gasteiger partial charge in [-0.05, 0) is 104 Å². The van der Waals surface area contributed by atoms with Gasteiger partial charge in [0.1, 0.15) is 0 Å². The molecule has 0 aliphatic heterocycles. The molecule has 0 bridgehead atoms. The normalized spacial score (nSPS) is 11.3. The Morgan fingerprint density at radius 2 is 0.803 bits per heavy atom. The molecule has 0 unspecified atom stereocenters. The Morgan fingerprint density at radius 3 is 1.53 bits per heavy atom. The van der Waals surface area contributed by atoms with Gasteiger partial charge < -0.3 is 9.47 Å². The van der Waals surface area contributed by atoms with Gasteiger partial charge in [0, 0.05) is 33.3 Å². The van der Waals surface area contributed by atoms with Crippen molar-refractivity contribution in [3.63, 3.8) is 0 Å². The minimum absolute atomic E-state index is 1.07. The second kappa shape index (κ2) is 16.8. The number of para-hydroxylation sites is 2. The van der Waals surface area contributed by atoms with E-state index < -0.39 is 0 Å². The zero-order valence-electron chi connectivity index (χ0n) is 36.3. The van der Waals surface area contributed by atoms with E-state index in [0.29, 0.717) is 0 Å². The fourth-order valence-corrected chi connectivity index (χ4v) is 9.92. The van der Waals surface area contributed by atoms with Crippen LogP contribution in [0.4, 0.5) is 17.1 Å². The molecule has 310 valence electrons. The van der Waals surface area contributed by atoms with E-state index in [2.05, 4.69) is 276 Å². The molecule has 0 radical (unpaired) electrons. The minimum atomic E-state index is 1.07. The molecule has 2 heteroatoms. The Labute approximate surface area is 385 Å². The molecule has 0 fully saturated rings. The van der Waals surface area contributed by atoms with Crippen molar-refractivity contribution in [2.24, 2.45) is 0 Å². The van der Waals surface area contributed by atoms with Crippen LogP contribution in [0, 0.1) is 0 Å². The molecule has 0 saturated carbocycles. The predicted molar refractivity (Wildman–Crippen MR) is 280 cm³/mol. The molecule has 2 nitrogen and oxygen atoms in total. The van der Waals surface area contributed by atoms with Gasteiger partial charge in [0.25, 0.3) is 0 Å². The predicted octanol–water partition coefficient (Wildman–Crippen LogP) is 17.7. The summed E-state index contributed by atoms with van der Waals surface area (Å²) in [5.74, 6) is 0. The molecule has 0 spiro atoms. The van der Waals surface area contributed by atoms with Gasteiger partial charge in [-0.25, -0.2) is 0 Å². The lowest BCUT2D eigenvalue weighted by molar-refractivity contribution is 1.18. The van der Waals surface area contributed by atoms with Crippen LogP contribution in [-0.4, -0.2) is 4.57 Å². The van der Waals surface area contributed by atoms with E-state index in [4.69, 9.17) is 0 Å². The first-order valence-electron chi connectivity index (χ1n) is 22.7. The summed E-state index contributed by atoms with van der Waals surface area (Å²) in [5.41, 5.74) is 18.6. The smallest absolute Gasteiger partial charge is 0.0562 e. The molecule has 0 N–H and O–H groups in total. The fraction of sp³-hybridized carbons (Fsp3) is 0. The fourth-order valence-electron chi connectivity index (χ4n) is 9.92. The van der Waals surface area contributed by atoms with E-state index in [1.165, 1.54) is 77.1 Å². The molecule has 0 aliphatic carbocycles. The van der Waals surface area contributed by atoms with E-state index in [1.54, 1.807) is 0 Å². The molecule has 11 aromatic carbocycles. The van der Waals surface area contributed by atoms with Gasteiger partial charge in [0.05, 0.1) is 22.4 Å². The molecule has 0 atom stereocenters. The Balaban J connectivity index is 1.08. The van der Waals surface area contributed by atoms with Crippen LogP contribution in [0.5, 0.6) is 0 Å². The third-order valence-corrected chi connectivity index (χ3v) is 13.0. The van der Waals surface area contributed by atoms with E-state index in [9.17, 15) is 0 Å². The van der Waals surface area contributed by atoms with Gasteiger partial charge in [-0.2, -0.15) is 0 Å². The molecule has 1 aromatic heterocycles. The van der Waals surface area contributed by atoms with Gasteiger partial charge in [-0.1, -0.05) is 218 Å². The lowest BCUT2D eigenvalue weighted by Crippen LogP contribution is -2.12. The topological polar surface area (TPSA) is 8.17 Å². The van der Waals surface area contributed by atoms with E-state index >= 15 is 0 Å². The average Bonchev–Trinajstić information content (AvgIpc) is 3.73. The molecule has 0 aliphatic rings. The highest BCUT2D eigenvalue weighted by Gasteiger charge is 2.23. The first kappa shape index (κ1) is 38.9. The van der Waals surface area contributed by atoms with Crippen molar-refractivity contribution >= 4 is 49.6 Å². The quantitative estimate of drug-likeness (QED) is 0.141. The highest BCUT2D eigenvalue weighted by molar-refractivity contribution is 6.12. The molecular weight excluding hydrogens is 797 g/mol. The van der Waals surface area contributed by atoms with Crippen LogP contribution >= 0.6 is 0 Å². The van der Waals surface area contributed by atoms with Crippen molar-refractivity contribution in [1.82, 2.24) is 4.57 Å². The van der Waals surface area contributed by atoms with Crippen molar-refractivity contribution in [2.45, 2.75) is 0 Å². The number of nitrogens with zero attached hydrogens (tertiary/aromatic N) is 2. The molecule has 0 saturated heterocycles. The molecular formula is C64H44N2. The Bertz CT molecular complexity index is 3670. The number of anilines is 3. The van der Waals surface area contributed by atoms with Crippen molar-refractivity contribution < 1.29 is 0 Å². The van der Waals surface area contributed by atoms with Gasteiger partial charge in [0.15, 0.2) is 0 Å². The maximum absolute atomic E-state index is 2.46. The first-order chi connectivity index (χ1) is 32.8.